The summed E-state index contributed by atoms with van der Waals surface area (Å²) in [6, 6.07) is 11.1. The van der Waals surface area contributed by atoms with Crippen LogP contribution in [-0.2, 0) is 4.79 Å². The van der Waals surface area contributed by atoms with E-state index in [1.54, 1.807) is 6.07 Å². The third-order valence-electron chi connectivity index (χ3n) is 4.07. The maximum absolute atomic E-state index is 12.2. The van der Waals surface area contributed by atoms with Gasteiger partial charge < -0.3 is 24.5 Å². The molecule has 0 saturated carbocycles. The number of nitrogens with zero attached hydrogens (tertiary/aromatic N) is 1. The van der Waals surface area contributed by atoms with E-state index in [1.165, 1.54) is 0 Å². The zero-order valence-corrected chi connectivity index (χ0v) is 14.4. The van der Waals surface area contributed by atoms with Crippen molar-refractivity contribution in [2.75, 3.05) is 18.7 Å². The number of amides is 1. The van der Waals surface area contributed by atoms with Crippen molar-refractivity contribution >= 4 is 22.6 Å². The molecule has 2 N–H and O–H groups in total. The molecule has 0 fully saturated rings. The second kappa shape index (κ2) is 6.95. The van der Waals surface area contributed by atoms with Crippen LogP contribution >= 0.6 is 0 Å². The molecule has 4 rings (SSSR count). The number of para-hydroxylation sites is 1. The van der Waals surface area contributed by atoms with Gasteiger partial charge in [-0.1, -0.05) is 6.07 Å². The monoisotopic (exact) mass is 353 g/mol. The lowest BCUT2D eigenvalue weighted by molar-refractivity contribution is -0.116. The van der Waals surface area contributed by atoms with Crippen LogP contribution < -0.4 is 19.5 Å². The van der Waals surface area contributed by atoms with Gasteiger partial charge in [-0.3, -0.25) is 4.79 Å². The molecule has 0 bridgehead atoms. The van der Waals surface area contributed by atoms with Gasteiger partial charge in [-0.25, -0.2) is 4.98 Å². The summed E-state index contributed by atoms with van der Waals surface area (Å²) in [5, 5.41) is 2.92. The molecule has 1 amide bonds. The Morgan fingerprint density at radius 2 is 2.15 bits per heavy atom. The number of carbonyl (C=O) groups excluding carboxylic acids is 1. The summed E-state index contributed by atoms with van der Waals surface area (Å²) in [6.45, 7) is 2.57. The average molecular weight is 353 g/mol. The largest absolute Gasteiger partial charge is 0.493 e. The highest BCUT2D eigenvalue weighted by Gasteiger charge is 2.14. The van der Waals surface area contributed by atoms with Gasteiger partial charge in [0.2, 0.25) is 12.7 Å². The average Bonchev–Trinajstić information content (AvgIpc) is 3.24. The van der Waals surface area contributed by atoms with Crippen LogP contribution in [0, 0.1) is 6.92 Å². The summed E-state index contributed by atoms with van der Waals surface area (Å²) in [7, 11) is 0. The van der Waals surface area contributed by atoms with Crippen molar-refractivity contribution in [1.29, 1.82) is 0 Å². The number of nitrogens with one attached hydrogen (secondary N) is 2. The smallest absolute Gasteiger partial charge is 0.231 e. The van der Waals surface area contributed by atoms with E-state index in [0.717, 1.165) is 22.6 Å². The molecule has 0 saturated heterocycles. The van der Waals surface area contributed by atoms with Crippen molar-refractivity contribution in [1.82, 2.24) is 9.97 Å². The first-order valence-corrected chi connectivity index (χ1v) is 8.47. The van der Waals surface area contributed by atoms with Gasteiger partial charge in [-0.15, -0.1) is 0 Å². The lowest BCUT2D eigenvalue weighted by atomic mass is 10.2. The first kappa shape index (κ1) is 16.3. The van der Waals surface area contributed by atoms with E-state index in [2.05, 4.69) is 15.3 Å². The lowest BCUT2D eigenvalue weighted by Gasteiger charge is -2.08. The molecule has 7 heteroatoms. The Hall–Kier alpha value is -3.22. The Morgan fingerprint density at radius 3 is 3.08 bits per heavy atom. The Labute approximate surface area is 150 Å². The zero-order chi connectivity index (χ0) is 17.9. The van der Waals surface area contributed by atoms with Gasteiger partial charge in [-0.05, 0) is 37.6 Å². The minimum absolute atomic E-state index is 0.0626. The van der Waals surface area contributed by atoms with Crippen molar-refractivity contribution in [3.63, 3.8) is 0 Å². The number of hydrogen-bond acceptors (Lipinski definition) is 5. The molecule has 0 atom stereocenters. The standard InChI is InChI=1S/C19H19N3O4/c1-12-20-14-4-2-5-15(19(14)21-12)22-18(23)6-3-9-24-13-7-8-16-17(10-13)26-11-25-16/h2,4-5,7-8,10H,3,6,9,11H2,1H3,(H,20,21)(H,22,23). The van der Waals surface area contributed by atoms with E-state index in [-0.39, 0.29) is 12.7 Å². The summed E-state index contributed by atoms with van der Waals surface area (Å²) in [4.78, 5) is 19.8. The van der Waals surface area contributed by atoms with Crippen LogP contribution in [-0.4, -0.2) is 29.3 Å². The summed E-state index contributed by atoms with van der Waals surface area (Å²) in [6.07, 6.45) is 0.972. The number of imidazole rings is 1. The highest BCUT2D eigenvalue weighted by Crippen LogP contribution is 2.35. The van der Waals surface area contributed by atoms with Crippen molar-refractivity contribution in [2.45, 2.75) is 19.8 Å². The Bertz CT molecular complexity index is 951. The second-order valence-corrected chi connectivity index (χ2v) is 6.04. The van der Waals surface area contributed by atoms with Crippen LogP contribution in [0.2, 0.25) is 0 Å². The van der Waals surface area contributed by atoms with Crippen LogP contribution in [0.15, 0.2) is 36.4 Å². The van der Waals surface area contributed by atoms with Gasteiger partial charge >= 0.3 is 0 Å². The minimum atomic E-state index is -0.0626. The molecule has 7 nitrogen and oxygen atoms in total. The van der Waals surface area contributed by atoms with E-state index in [4.69, 9.17) is 14.2 Å². The lowest BCUT2D eigenvalue weighted by Crippen LogP contribution is -2.13. The predicted molar refractivity (Wildman–Crippen MR) is 96.8 cm³/mol. The summed E-state index contributed by atoms with van der Waals surface area (Å²) in [5.74, 6) is 2.86. The molecule has 0 unspecified atom stereocenters. The third-order valence-corrected chi connectivity index (χ3v) is 4.07. The Morgan fingerprint density at radius 1 is 1.27 bits per heavy atom. The van der Waals surface area contributed by atoms with E-state index >= 15 is 0 Å². The van der Waals surface area contributed by atoms with Crippen LogP contribution in [0.1, 0.15) is 18.7 Å². The molecule has 1 aromatic heterocycles. The number of fused-ring (bicyclic) bond motifs is 2. The van der Waals surface area contributed by atoms with E-state index < -0.39 is 0 Å². The molecule has 1 aliphatic rings. The molecule has 2 heterocycles. The van der Waals surface area contributed by atoms with Gasteiger partial charge in [0.15, 0.2) is 11.5 Å². The Kier molecular flexibility index (Phi) is 4.35. The maximum atomic E-state index is 12.2. The Balaban J connectivity index is 1.27. The topological polar surface area (TPSA) is 85.5 Å². The van der Waals surface area contributed by atoms with E-state index in [1.807, 2.05) is 37.3 Å². The highest BCUT2D eigenvalue weighted by atomic mass is 16.7. The quantitative estimate of drug-likeness (QED) is 0.664. The molecule has 1 aliphatic heterocycles. The number of aromatic nitrogens is 2. The number of carbonyl (C=O) groups is 1. The van der Waals surface area contributed by atoms with Gasteiger partial charge in [-0.2, -0.15) is 0 Å². The number of rotatable bonds is 6. The molecule has 2 aromatic carbocycles. The summed E-state index contributed by atoms with van der Waals surface area (Å²) in [5.41, 5.74) is 2.40. The van der Waals surface area contributed by atoms with Crippen molar-refractivity contribution in [3.05, 3.63) is 42.2 Å². The van der Waals surface area contributed by atoms with Crippen LogP contribution in [0.5, 0.6) is 17.2 Å². The number of aromatic amines is 1. The van der Waals surface area contributed by atoms with Crippen molar-refractivity contribution < 1.29 is 19.0 Å². The molecular weight excluding hydrogens is 334 g/mol. The number of ether oxygens (including phenoxy) is 3. The number of aryl methyl sites for hydroxylation is 1. The van der Waals surface area contributed by atoms with Gasteiger partial charge in [0, 0.05) is 12.5 Å². The molecule has 134 valence electrons. The fourth-order valence-corrected chi connectivity index (χ4v) is 2.86. The molecule has 3 aromatic rings. The normalized spacial score (nSPS) is 12.3. The predicted octanol–water partition coefficient (Wildman–Crippen LogP) is 3.40. The first-order chi connectivity index (χ1) is 12.7. The third kappa shape index (κ3) is 3.42. The van der Waals surface area contributed by atoms with Crippen molar-refractivity contribution in [2.24, 2.45) is 0 Å². The number of anilines is 1. The SMILES string of the molecule is Cc1nc2c(NC(=O)CCCOc3ccc4c(c3)OCO4)cccc2[nH]1. The number of benzene rings is 2. The summed E-state index contributed by atoms with van der Waals surface area (Å²) < 4.78 is 16.2. The molecule has 0 aliphatic carbocycles. The van der Waals surface area contributed by atoms with Crippen LogP contribution in [0.3, 0.4) is 0 Å². The maximum Gasteiger partial charge on any atom is 0.231 e. The number of hydrogen-bond donors (Lipinski definition) is 2. The zero-order valence-electron chi connectivity index (χ0n) is 14.4. The molecule has 0 spiro atoms. The van der Waals surface area contributed by atoms with E-state index in [9.17, 15) is 4.79 Å². The second-order valence-electron chi connectivity index (χ2n) is 6.04. The molecule has 0 radical (unpaired) electrons. The van der Waals surface area contributed by atoms with E-state index in [0.29, 0.717) is 36.6 Å². The number of H-pyrrole nitrogens is 1. The van der Waals surface area contributed by atoms with Gasteiger partial charge in [0.05, 0.1) is 17.8 Å². The highest BCUT2D eigenvalue weighted by molar-refractivity contribution is 5.99. The van der Waals surface area contributed by atoms with Crippen LogP contribution in [0.25, 0.3) is 11.0 Å². The first-order valence-electron chi connectivity index (χ1n) is 8.47. The minimum Gasteiger partial charge on any atom is -0.493 e. The summed E-state index contributed by atoms with van der Waals surface area (Å²) >= 11 is 0. The molecular formula is C19H19N3O4. The van der Waals surface area contributed by atoms with Gasteiger partial charge in [0.25, 0.3) is 0 Å². The fourth-order valence-electron chi connectivity index (χ4n) is 2.86. The van der Waals surface area contributed by atoms with Gasteiger partial charge in [0.1, 0.15) is 17.1 Å². The fraction of sp³-hybridized carbons (Fsp3) is 0.263. The van der Waals surface area contributed by atoms with Crippen molar-refractivity contribution in [3.8, 4) is 17.2 Å². The molecule has 26 heavy (non-hydrogen) atoms. The van der Waals surface area contributed by atoms with Crippen LogP contribution in [0.4, 0.5) is 5.69 Å².